The predicted octanol–water partition coefficient (Wildman–Crippen LogP) is 5.59. The lowest BCUT2D eigenvalue weighted by atomic mass is 10.1. The van der Waals surface area contributed by atoms with Gasteiger partial charge in [-0.3, -0.25) is 4.79 Å². The van der Waals surface area contributed by atoms with Gasteiger partial charge >= 0.3 is 0 Å². The van der Waals surface area contributed by atoms with Gasteiger partial charge in [0.1, 0.15) is 0 Å². The van der Waals surface area contributed by atoms with Crippen LogP contribution in [-0.2, 0) is 24.3 Å². The summed E-state index contributed by atoms with van der Waals surface area (Å²) in [6.45, 7) is 1.27. The molecule has 4 aromatic rings. The zero-order valence-electron chi connectivity index (χ0n) is 16.1. The van der Waals surface area contributed by atoms with E-state index in [4.69, 9.17) is 11.6 Å². The largest absolute Gasteiger partial charge is 0.352 e. The second-order valence-corrected chi connectivity index (χ2v) is 7.56. The highest BCUT2D eigenvalue weighted by atomic mass is 35.5. The van der Waals surface area contributed by atoms with Gasteiger partial charge in [-0.1, -0.05) is 78.3 Å². The smallest absolute Gasteiger partial charge is 0.220 e. The summed E-state index contributed by atoms with van der Waals surface area (Å²) in [6, 6.07) is 26.2. The van der Waals surface area contributed by atoms with Crippen LogP contribution in [0.25, 0.3) is 10.9 Å². The number of aromatic nitrogens is 1. The third kappa shape index (κ3) is 4.69. The van der Waals surface area contributed by atoms with Gasteiger partial charge in [-0.15, -0.1) is 0 Å². The molecule has 0 saturated carbocycles. The van der Waals surface area contributed by atoms with E-state index in [9.17, 15) is 4.79 Å². The average molecular weight is 403 g/mol. The van der Waals surface area contributed by atoms with Gasteiger partial charge in [0.05, 0.1) is 0 Å². The zero-order chi connectivity index (χ0) is 20.1. The molecule has 4 rings (SSSR count). The maximum atomic E-state index is 12.3. The summed E-state index contributed by atoms with van der Waals surface area (Å²) in [6.07, 6.45) is 3.32. The van der Waals surface area contributed by atoms with Gasteiger partial charge in [0.2, 0.25) is 5.91 Å². The molecule has 0 bridgehead atoms. The molecule has 0 spiro atoms. The van der Waals surface area contributed by atoms with Crippen LogP contribution in [0.2, 0.25) is 5.02 Å². The van der Waals surface area contributed by atoms with Gasteiger partial charge < -0.3 is 9.88 Å². The summed E-state index contributed by atoms with van der Waals surface area (Å²) < 4.78 is 2.22. The average Bonchev–Trinajstić information content (AvgIpc) is 3.11. The Balaban J connectivity index is 1.46. The van der Waals surface area contributed by atoms with Gasteiger partial charge in [0.25, 0.3) is 0 Å². The molecule has 1 N–H and O–H groups in total. The van der Waals surface area contributed by atoms with E-state index in [1.54, 1.807) is 0 Å². The molecule has 0 radical (unpaired) electrons. The first kappa shape index (κ1) is 19.3. The van der Waals surface area contributed by atoms with E-state index in [0.717, 1.165) is 21.7 Å². The van der Waals surface area contributed by atoms with E-state index in [1.165, 1.54) is 10.9 Å². The molecule has 0 unspecified atom stereocenters. The van der Waals surface area contributed by atoms with Crippen molar-refractivity contribution >= 4 is 28.4 Å². The maximum absolute atomic E-state index is 12.3. The minimum atomic E-state index is 0.0665. The van der Waals surface area contributed by atoms with E-state index < -0.39 is 0 Å². The summed E-state index contributed by atoms with van der Waals surface area (Å²) in [5.41, 5.74) is 4.54. The second kappa shape index (κ2) is 8.97. The van der Waals surface area contributed by atoms with Crippen LogP contribution in [-0.4, -0.2) is 10.5 Å². The van der Waals surface area contributed by atoms with E-state index in [0.29, 0.717) is 25.9 Å². The number of para-hydroxylation sites is 1. The Morgan fingerprint density at radius 3 is 2.41 bits per heavy atom. The van der Waals surface area contributed by atoms with Crippen molar-refractivity contribution in [3.63, 3.8) is 0 Å². The molecule has 1 amide bonds. The summed E-state index contributed by atoms with van der Waals surface area (Å²) in [4.78, 5) is 12.3. The summed E-state index contributed by atoms with van der Waals surface area (Å²) in [5, 5.41) is 4.97. The standard InChI is InChI=1S/C25H23ClN2O/c26-23-12-6-4-10-21(23)18-28-17-20(22-11-5-7-13-24(22)28)14-15-25(29)27-16-19-8-2-1-3-9-19/h1-13,17H,14-16,18H2,(H,27,29). The normalized spacial score (nSPS) is 10.9. The molecule has 3 nitrogen and oxygen atoms in total. The number of rotatable bonds is 7. The van der Waals surface area contributed by atoms with Crippen LogP contribution < -0.4 is 5.32 Å². The van der Waals surface area contributed by atoms with Crippen LogP contribution in [0, 0.1) is 0 Å². The predicted molar refractivity (Wildman–Crippen MR) is 119 cm³/mol. The SMILES string of the molecule is O=C(CCc1cn(Cc2ccccc2Cl)c2ccccc12)NCc1ccccc1. The monoisotopic (exact) mass is 402 g/mol. The second-order valence-electron chi connectivity index (χ2n) is 7.15. The van der Waals surface area contributed by atoms with Crippen LogP contribution in [0.5, 0.6) is 0 Å². The molecule has 146 valence electrons. The van der Waals surface area contributed by atoms with Crippen LogP contribution in [0.4, 0.5) is 0 Å². The first-order valence-electron chi connectivity index (χ1n) is 9.81. The van der Waals surface area contributed by atoms with E-state index in [1.807, 2.05) is 66.7 Å². The fourth-order valence-corrected chi connectivity index (χ4v) is 3.79. The molecular formula is C25H23ClN2O. The summed E-state index contributed by atoms with van der Waals surface area (Å²) in [7, 11) is 0. The Bertz CT molecular complexity index is 1120. The topological polar surface area (TPSA) is 34.0 Å². The van der Waals surface area contributed by atoms with Crippen molar-refractivity contribution in [3.05, 3.63) is 107 Å². The fraction of sp³-hybridized carbons (Fsp3) is 0.160. The van der Waals surface area contributed by atoms with Crippen molar-refractivity contribution in [1.29, 1.82) is 0 Å². The molecule has 1 heterocycles. The van der Waals surface area contributed by atoms with E-state index >= 15 is 0 Å². The van der Waals surface area contributed by atoms with Gasteiger partial charge in [0, 0.05) is 41.6 Å². The highest BCUT2D eigenvalue weighted by Crippen LogP contribution is 2.25. The molecule has 0 fully saturated rings. The van der Waals surface area contributed by atoms with Crippen LogP contribution in [0.3, 0.4) is 0 Å². The summed E-state index contributed by atoms with van der Waals surface area (Å²) >= 11 is 6.35. The molecule has 0 saturated heterocycles. The third-order valence-electron chi connectivity index (χ3n) is 5.12. The van der Waals surface area contributed by atoms with E-state index in [-0.39, 0.29) is 5.91 Å². The molecule has 0 aliphatic heterocycles. The van der Waals surface area contributed by atoms with Crippen LogP contribution in [0.15, 0.2) is 85.1 Å². The van der Waals surface area contributed by atoms with Gasteiger partial charge in [-0.2, -0.15) is 0 Å². The van der Waals surface area contributed by atoms with Crippen molar-refractivity contribution in [2.75, 3.05) is 0 Å². The Kier molecular flexibility index (Phi) is 5.97. The Labute approximate surface area is 175 Å². The number of nitrogens with one attached hydrogen (secondary N) is 1. The Hall–Kier alpha value is -3.04. The fourth-order valence-electron chi connectivity index (χ4n) is 3.60. The number of nitrogens with zero attached hydrogens (tertiary/aromatic N) is 1. The number of hydrogen-bond acceptors (Lipinski definition) is 1. The van der Waals surface area contributed by atoms with Crippen LogP contribution in [0.1, 0.15) is 23.1 Å². The zero-order valence-corrected chi connectivity index (χ0v) is 16.9. The molecule has 1 aromatic heterocycles. The van der Waals surface area contributed by atoms with Crippen molar-refractivity contribution in [2.45, 2.75) is 25.9 Å². The number of carbonyl (C=O) groups is 1. The number of amides is 1. The highest BCUT2D eigenvalue weighted by Gasteiger charge is 2.11. The van der Waals surface area contributed by atoms with Crippen molar-refractivity contribution in [3.8, 4) is 0 Å². The van der Waals surface area contributed by atoms with Gasteiger partial charge in [-0.05, 0) is 35.2 Å². The number of aryl methyl sites for hydroxylation is 1. The highest BCUT2D eigenvalue weighted by molar-refractivity contribution is 6.31. The molecule has 29 heavy (non-hydrogen) atoms. The van der Waals surface area contributed by atoms with Crippen molar-refractivity contribution in [1.82, 2.24) is 9.88 Å². The quantitative estimate of drug-likeness (QED) is 0.429. The maximum Gasteiger partial charge on any atom is 0.220 e. The van der Waals surface area contributed by atoms with E-state index in [2.05, 4.69) is 28.2 Å². The molecule has 4 heteroatoms. The number of fused-ring (bicyclic) bond motifs is 1. The first-order chi connectivity index (χ1) is 14.2. The first-order valence-corrected chi connectivity index (χ1v) is 10.2. The molecule has 3 aromatic carbocycles. The molecule has 0 atom stereocenters. The number of hydrogen-bond donors (Lipinski definition) is 1. The van der Waals surface area contributed by atoms with Crippen molar-refractivity contribution < 1.29 is 4.79 Å². The molecule has 0 aliphatic carbocycles. The Morgan fingerprint density at radius 1 is 0.862 bits per heavy atom. The van der Waals surface area contributed by atoms with Crippen LogP contribution >= 0.6 is 11.6 Å². The number of benzene rings is 3. The Morgan fingerprint density at radius 2 is 1.59 bits per heavy atom. The lowest BCUT2D eigenvalue weighted by Gasteiger charge is -2.07. The molecular weight excluding hydrogens is 380 g/mol. The minimum Gasteiger partial charge on any atom is -0.352 e. The number of carbonyl (C=O) groups excluding carboxylic acids is 1. The lowest BCUT2D eigenvalue weighted by molar-refractivity contribution is -0.121. The van der Waals surface area contributed by atoms with Gasteiger partial charge in [0.15, 0.2) is 0 Å². The molecule has 0 aliphatic rings. The summed E-state index contributed by atoms with van der Waals surface area (Å²) in [5.74, 6) is 0.0665. The van der Waals surface area contributed by atoms with Crippen molar-refractivity contribution in [2.24, 2.45) is 0 Å². The number of halogens is 1. The third-order valence-corrected chi connectivity index (χ3v) is 5.49. The lowest BCUT2D eigenvalue weighted by Crippen LogP contribution is -2.22. The minimum absolute atomic E-state index is 0.0665. The van der Waals surface area contributed by atoms with Gasteiger partial charge in [-0.25, -0.2) is 0 Å².